The number of benzene rings is 1. The van der Waals surface area contributed by atoms with Gasteiger partial charge in [0.15, 0.2) is 0 Å². The highest BCUT2D eigenvalue weighted by atomic mass is 32.2. The van der Waals surface area contributed by atoms with Gasteiger partial charge in [0.25, 0.3) is 0 Å². The molecule has 1 aromatic carbocycles. The minimum Gasteiger partial charge on any atom is -0.324 e. The number of aromatic nitrogens is 2. The first-order chi connectivity index (χ1) is 8.69. The molecule has 0 aliphatic rings. The van der Waals surface area contributed by atoms with Crippen LogP contribution in [0.15, 0.2) is 41.4 Å². The van der Waals surface area contributed by atoms with Crippen LogP contribution < -0.4 is 5.73 Å². The van der Waals surface area contributed by atoms with Crippen molar-refractivity contribution >= 4 is 11.8 Å². The lowest BCUT2D eigenvalue weighted by Crippen LogP contribution is -2.13. The topological polar surface area (TPSA) is 43.8 Å². The van der Waals surface area contributed by atoms with Crippen LogP contribution in [0.2, 0.25) is 0 Å². The third kappa shape index (κ3) is 3.37. The van der Waals surface area contributed by atoms with E-state index in [1.165, 1.54) is 10.5 Å². The van der Waals surface area contributed by atoms with Crippen LogP contribution >= 0.6 is 11.8 Å². The molecule has 4 heteroatoms. The van der Waals surface area contributed by atoms with E-state index in [0.717, 1.165) is 17.9 Å². The number of nitrogens with zero attached hydrogens (tertiary/aromatic N) is 2. The summed E-state index contributed by atoms with van der Waals surface area (Å²) in [4.78, 5) is 1.30. The van der Waals surface area contributed by atoms with E-state index in [1.807, 2.05) is 35.8 Å². The van der Waals surface area contributed by atoms with Gasteiger partial charge in [0.05, 0.1) is 5.69 Å². The Hall–Kier alpha value is -1.26. The molecule has 1 heterocycles. The molecule has 1 aromatic heterocycles. The van der Waals surface area contributed by atoms with Crippen LogP contribution in [0, 0.1) is 0 Å². The fraction of sp³-hybridized carbons (Fsp3) is 0.357. The van der Waals surface area contributed by atoms with Gasteiger partial charge in [0.2, 0.25) is 0 Å². The summed E-state index contributed by atoms with van der Waals surface area (Å²) in [6.07, 6.45) is 2.73. The van der Waals surface area contributed by atoms with Crippen LogP contribution in [0.4, 0.5) is 0 Å². The fourth-order valence-corrected chi connectivity index (χ4v) is 2.55. The Bertz CT molecular complexity index is 490. The quantitative estimate of drug-likeness (QED) is 0.842. The summed E-state index contributed by atoms with van der Waals surface area (Å²) >= 11 is 1.85. The molecule has 2 N–H and O–H groups in total. The minimum atomic E-state index is 0.0144. The molecule has 1 unspecified atom stereocenters. The summed E-state index contributed by atoms with van der Waals surface area (Å²) in [6, 6.07) is 10.5. The third-order valence-electron chi connectivity index (χ3n) is 2.82. The van der Waals surface area contributed by atoms with Crippen LogP contribution in [0.3, 0.4) is 0 Å². The van der Waals surface area contributed by atoms with Crippen molar-refractivity contribution in [3.8, 4) is 0 Å². The lowest BCUT2D eigenvalue weighted by Gasteiger charge is -2.11. The number of aryl methyl sites for hydroxylation is 1. The molecule has 0 radical (unpaired) electrons. The maximum absolute atomic E-state index is 6.20. The SMILES string of the molecule is CCSc1ccc(C(N)Cc2ccn(C)n2)cc1. The number of rotatable bonds is 5. The highest BCUT2D eigenvalue weighted by Gasteiger charge is 2.08. The van der Waals surface area contributed by atoms with Crippen LogP contribution in [0.25, 0.3) is 0 Å². The maximum Gasteiger partial charge on any atom is 0.0643 e. The van der Waals surface area contributed by atoms with Gasteiger partial charge in [-0.2, -0.15) is 5.10 Å². The molecule has 2 rings (SSSR count). The van der Waals surface area contributed by atoms with Crippen LogP contribution in [-0.2, 0) is 13.5 Å². The zero-order valence-corrected chi connectivity index (χ0v) is 11.7. The summed E-state index contributed by atoms with van der Waals surface area (Å²) in [5.74, 6) is 1.10. The first-order valence-corrected chi connectivity index (χ1v) is 7.14. The predicted molar refractivity (Wildman–Crippen MR) is 76.7 cm³/mol. The average molecular weight is 261 g/mol. The number of hydrogen-bond acceptors (Lipinski definition) is 3. The third-order valence-corrected chi connectivity index (χ3v) is 3.71. The Kier molecular flexibility index (Phi) is 4.44. The minimum absolute atomic E-state index is 0.0144. The van der Waals surface area contributed by atoms with E-state index in [0.29, 0.717) is 0 Å². The van der Waals surface area contributed by atoms with Gasteiger partial charge in [0.1, 0.15) is 0 Å². The van der Waals surface area contributed by atoms with E-state index in [2.05, 4.69) is 36.3 Å². The highest BCUT2D eigenvalue weighted by molar-refractivity contribution is 7.99. The lowest BCUT2D eigenvalue weighted by atomic mass is 10.0. The van der Waals surface area contributed by atoms with E-state index in [4.69, 9.17) is 5.73 Å². The van der Waals surface area contributed by atoms with E-state index in [1.54, 1.807) is 0 Å². The van der Waals surface area contributed by atoms with Gasteiger partial charge in [-0.05, 0) is 29.5 Å². The standard InChI is InChI=1S/C14H19N3S/c1-3-18-13-6-4-11(5-7-13)14(15)10-12-8-9-17(2)16-12/h4-9,14H,3,10,15H2,1-2H3. The van der Waals surface area contributed by atoms with Gasteiger partial charge >= 0.3 is 0 Å². The molecule has 0 saturated heterocycles. The summed E-state index contributed by atoms with van der Waals surface area (Å²) in [5, 5.41) is 4.36. The zero-order chi connectivity index (χ0) is 13.0. The smallest absolute Gasteiger partial charge is 0.0643 e. The molecular weight excluding hydrogens is 242 g/mol. The lowest BCUT2D eigenvalue weighted by molar-refractivity contribution is 0.675. The number of thioether (sulfide) groups is 1. The molecule has 1 atom stereocenters. The van der Waals surface area contributed by atoms with E-state index in [-0.39, 0.29) is 6.04 Å². The molecule has 18 heavy (non-hydrogen) atoms. The van der Waals surface area contributed by atoms with E-state index in [9.17, 15) is 0 Å². The van der Waals surface area contributed by atoms with Gasteiger partial charge in [-0.15, -0.1) is 11.8 Å². The van der Waals surface area contributed by atoms with E-state index >= 15 is 0 Å². The van der Waals surface area contributed by atoms with Gasteiger partial charge in [0, 0.05) is 30.6 Å². The molecule has 2 aromatic rings. The molecule has 0 fully saturated rings. The Balaban J connectivity index is 2.02. The van der Waals surface area contributed by atoms with E-state index < -0.39 is 0 Å². The summed E-state index contributed by atoms with van der Waals surface area (Å²) in [7, 11) is 1.92. The zero-order valence-electron chi connectivity index (χ0n) is 10.8. The van der Waals surface area contributed by atoms with Crippen LogP contribution in [0.5, 0.6) is 0 Å². The summed E-state index contributed by atoms with van der Waals surface area (Å²) in [5.41, 5.74) is 8.41. The first-order valence-electron chi connectivity index (χ1n) is 6.16. The molecule has 0 bridgehead atoms. The van der Waals surface area contributed by atoms with Crippen molar-refractivity contribution in [3.05, 3.63) is 47.8 Å². The molecule has 0 aliphatic heterocycles. The van der Waals surface area contributed by atoms with Crippen LogP contribution in [-0.4, -0.2) is 15.5 Å². The largest absolute Gasteiger partial charge is 0.324 e. The fourth-order valence-electron chi connectivity index (χ4n) is 1.89. The number of hydrogen-bond donors (Lipinski definition) is 1. The molecule has 96 valence electrons. The Morgan fingerprint density at radius 1 is 1.28 bits per heavy atom. The molecule has 0 aliphatic carbocycles. The summed E-state index contributed by atoms with van der Waals surface area (Å²) < 4.78 is 1.81. The first kappa shape index (κ1) is 13.2. The van der Waals surface area contributed by atoms with Crippen molar-refractivity contribution < 1.29 is 0 Å². The van der Waals surface area contributed by atoms with Gasteiger partial charge in [-0.25, -0.2) is 0 Å². The number of nitrogens with two attached hydrogens (primary N) is 1. The second-order valence-corrected chi connectivity index (χ2v) is 5.63. The highest BCUT2D eigenvalue weighted by Crippen LogP contribution is 2.21. The monoisotopic (exact) mass is 261 g/mol. The van der Waals surface area contributed by atoms with Crippen LogP contribution in [0.1, 0.15) is 24.2 Å². The van der Waals surface area contributed by atoms with Crippen molar-refractivity contribution in [2.75, 3.05) is 5.75 Å². The summed E-state index contributed by atoms with van der Waals surface area (Å²) in [6.45, 7) is 2.16. The van der Waals surface area contributed by atoms with Gasteiger partial charge in [-0.3, -0.25) is 4.68 Å². The molecule has 3 nitrogen and oxygen atoms in total. The Labute approximate surface area is 112 Å². The average Bonchev–Trinajstić information content (AvgIpc) is 2.76. The molecule has 0 saturated carbocycles. The normalized spacial score (nSPS) is 12.6. The molecule has 0 spiro atoms. The second kappa shape index (κ2) is 6.07. The van der Waals surface area contributed by atoms with Crippen molar-refractivity contribution in [1.29, 1.82) is 0 Å². The Morgan fingerprint density at radius 3 is 2.56 bits per heavy atom. The Morgan fingerprint density at radius 2 is 2.00 bits per heavy atom. The predicted octanol–water partition coefficient (Wildman–Crippen LogP) is 2.77. The van der Waals surface area contributed by atoms with Gasteiger partial charge in [-0.1, -0.05) is 19.1 Å². The maximum atomic E-state index is 6.20. The molecular formula is C14H19N3S. The second-order valence-electron chi connectivity index (χ2n) is 4.29. The van der Waals surface area contributed by atoms with Crippen molar-refractivity contribution in [2.45, 2.75) is 24.3 Å². The van der Waals surface area contributed by atoms with Crippen molar-refractivity contribution in [3.63, 3.8) is 0 Å². The molecule has 0 amide bonds. The van der Waals surface area contributed by atoms with Crippen molar-refractivity contribution in [2.24, 2.45) is 12.8 Å². The van der Waals surface area contributed by atoms with Gasteiger partial charge < -0.3 is 5.73 Å². The van der Waals surface area contributed by atoms with Crippen molar-refractivity contribution in [1.82, 2.24) is 9.78 Å².